The van der Waals surface area contributed by atoms with Crippen LogP contribution in [0, 0.1) is 6.92 Å². The first-order chi connectivity index (χ1) is 15.6. The molecule has 0 spiro atoms. The van der Waals surface area contributed by atoms with Gasteiger partial charge < -0.3 is 23.0 Å². The molecule has 32 heavy (non-hydrogen) atoms. The molecule has 3 heterocycles. The van der Waals surface area contributed by atoms with Crippen LogP contribution in [0.2, 0.25) is 0 Å². The molecule has 164 valence electrons. The van der Waals surface area contributed by atoms with E-state index in [-0.39, 0.29) is 0 Å². The first-order valence-corrected chi connectivity index (χ1v) is 10.3. The van der Waals surface area contributed by atoms with Gasteiger partial charge in [0, 0.05) is 11.9 Å². The van der Waals surface area contributed by atoms with Crippen LogP contribution < -0.4 is 19.8 Å². The van der Waals surface area contributed by atoms with Gasteiger partial charge in [-0.15, -0.1) is 0 Å². The summed E-state index contributed by atoms with van der Waals surface area (Å²) in [4.78, 5) is 15.2. The van der Waals surface area contributed by atoms with Gasteiger partial charge in [0.2, 0.25) is 0 Å². The van der Waals surface area contributed by atoms with E-state index in [0.29, 0.717) is 48.0 Å². The number of ether oxygens (including phenoxy) is 3. The van der Waals surface area contributed by atoms with E-state index in [1.54, 1.807) is 32.6 Å². The van der Waals surface area contributed by atoms with E-state index in [1.807, 2.05) is 37.3 Å². The van der Waals surface area contributed by atoms with Gasteiger partial charge in [-0.25, -0.2) is 4.79 Å². The second kappa shape index (κ2) is 8.09. The van der Waals surface area contributed by atoms with Crippen LogP contribution in [0.1, 0.15) is 16.9 Å². The molecule has 5 rings (SSSR count). The highest BCUT2D eigenvalue weighted by Gasteiger charge is 2.24. The fraction of sp³-hybridized carbons (Fsp3) is 0.240. The van der Waals surface area contributed by atoms with Gasteiger partial charge in [-0.05, 0) is 54.4 Å². The first kappa shape index (κ1) is 20.2. The summed E-state index contributed by atoms with van der Waals surface area (Å²) in [7, 11) is 3.14. The quantitative estimate of drug-likeness (QED) is 0.421. The number of hydrogen-bond donors (Lipinski definition) is 0. The molecule has 7 heteroatoms. The summed E-state index contributed by atoms with van der Waals surface area (Å²) >= 11 is 0. The van der Waals surface area contributed by atoms with E-state index in [0.717, 1.165) is 28.0 Å². The highest BCUT2D eigenvalue weighted by Crippen LogP contribution is 2.37. The minimum atomic E-state index is -0.404. The normalized spacial score (nSPS) is 13.6. The van der Waals surface area contributed by atoms with Gasteiger partial charge in [0.25, 0.3) is 0 Å². The van der Waals surface area contributed by atoms with Gasteiger partial charge in [-0.3, -0.25) is 4.90 Å². The maximum absolute atomic E-state index is 13.1. The zero-order chi connectivity index (χ0) is 22.2. The predicted octanol–water partition coefficient (Wildman–Crippen LogP) is 4.73. The Morgan fingerprint density at radius 3 is 2.66 bits per heavy atom. The zero-order valence-electron chi connectivity index (χ0n) is 18.1. The Bertz CT molecular complexity index is 1340. The summed E-state index contributed by atoms with van der Waals surface area (Å²) in [6.07, 6.45) is 1.65. The van der Waals surface area contributed by atoms with Crippen LogP contribution in [0.25, 0.3) is 22.1 Å². The molecule has 0 amide bonds. The van der Waals surface area contributed by atoms with Crippen LogP contribution >= 0.6 is 0 Å². The number of hydrogen-bond acceptors (Lipinski definition) is 7. The lowest BCUT2D eigenvalue weighted by molar-refractivity contribution is 0.0826. The molecule has 4 aromatic rings. The molecule has 2 aromatic heterocycles. The van der Waals surface area contributed by atoms with Gasteiger partial charge in [-0.1, -0.05) is 6.07 Å². The van der Waals surface area contributed by atoms with E-state index in [1.165, 1.54) is 0 Å². The van der Waals surface area contributed by atoms with Gasteiger partial charge >= 0.3 is 5.63 Å². The third-order valence-electron chi connectivity index (χ3n) is 5.81. The Morgan fingerprint density at radius 2 is 1.91 bits per heavy atom. The standard InChI is InChI=1S/C25H23NO6/c1-15-18-7-9-20-19(13-26(14-31-20)12-17-5-4-10-30-17)24(18)32-25(27)23(15)16-6-8-21(28-2)22(11-16)29-3/h4-11H,12-14H2,1-3H3. The second-order valence-electron chi connectivity index (χ2n) is 7.72. The molecule has 0 aliphatic carbocycles. The van der Waals surface area contributed by atoms with E-state index < -0.39 is 5.63 Å². The number of aryl methyl sites for hydroxylation is 1. The number of benzene rings is 2. The van der Waals surface area contributed by atoms with Gasteiger partial charge in [0.05, 0.1) is 38.2 Å². The summed E-state index contributed by atoms with van der Waals surface area (Å²) in [5.41, 5.74) is 3.07. The van der Waals surface area contributed by atoms with Gasteiger partial charge in [0.1, 0.15) is 23.8 Å². The van der Waals surface area contributed by atoms with E-state index >= 15 is 0 Å². The van der Waals surface area contributed by atoms with Crippen LogP contribution in [0.4, 0.5) is 0 Å². The monoisotopic (exact) mass is 433 g/mol. The molecule has 0 bridgehead atoms. The molecule has 0 N–H and O–H groups in total. The highest BCUT2D eigenvalue weighted by molar-refractivity contribution is 5.90. The molecule has 1 aliphatic rings. The topological polar surface area (TPSA) is 74.3 Å². The van der Waals surface area contributed by atoms with Crippen molar-refractivity contribution in [1.29, 1.82) is 0 Å². The number of fused-ring (bicyclic) bond motifs is 3. The second-order valence-corrected chi connectivity index (χ2v) is 7.72. The molecule has 0 saturated carbocycles. The molecule has 0 fully saturated rings. The Kier molecular flexibility index (Phi) is 5.11. The number of methoxy groups -OCH3 is 2. The van der Waals surface area contributed by atoms with Gasteiger partial charge in [-0.2, -0.15) is 0 Å². The maximum Gasteiger partial charge on any atom is 0.344 e. The molecular formula is C25H23NO6. The summed E-state index contributed by atoms with van der Waals surface area (Å²) in [5, 5.41) is 0.872. The summed E-state index contributed by atoms with van der Waals surface area (Å²) in [6.45, 7) is 3.56. The largest absolute Gasteiger partial charge is 0.493 e. The Hall–Kier alpha value is -3.71. The average molecular weight is 433 g/mol. The van der Waals surface area contributed by atoms with Crippen molar-refractivity contribution in [3.8, 4) is 28.4 Å². The summed E-state index contributed by atoms with van der Waals surface area (Å²) in [5.74, 6) is 2.73. The SMILES string of the molecule is COc1ccc(-c2c(C)c3ccc4c(c3oc2=O)CN(Cc2ccco2)CO4)cc1OC. The summed E-state index contributed by atoms with van der Waals surface area (Å²) < 4.78 is 28.0. The predicted molar refractivity (Wildman–Crippen MR) is 119 cm³/mol. The Morgan fingerprint density at radius 1 is 1.06 bits per heavy atom. The van der Waals surface area contributed by atoms with Crippen molar-refractivity contribution in [3.05, 3.63) is 76.0 Å². The molecule has 0 radical (unpaired) electrons. The Labute approximate surface area is 184 Å². The summed E-state index contributed by atoms with van der Waals surface area (Å²) in [6, 6.07) is 13.1. The maximum atomic E-state index is 13.1. The third kappa shape index (κ3) is 3.40. The van der Waals surface area contributed by atoms with Crippen LogP contribution in [-0.2, 0) is 13.1 Å². The molecular weight excluding hydrogens is 410 g/mol. The fourth-order valence-electron chi connectivity index (χ4n) is 4.22. The van der Waals surface area contributed by atoms with E-state index in [9.17, 15) is 4.79 Å². The molecule has 0 saturated heterocycles. The number of nitrogens with zero attached hydrogens (tertiary/aromatic N) is 1. The minimum absolute atomic E-state index is 0.404. The van der Waals surface area contributed by atoms with Crippen molar-refractivity contribution < 1.29 is 23.0 Å². The average Bonchev–Trinajstić information content (AvgIpc) is 3.32. The molecule has 7 nitrogen and oxygen atoms in total. The third-order valence-corrected chi connectivity index (χ3v) is 5.81. The van der Waals surface area contributed by atoms with Crippen LogP contribution in [0.5, 0.6) is 17.2 Å². The van der Waals surface area contributed by atoms with Crippen molar-refractivity contribution in [2.45, 2.75) is 20.0 Å². The number of furan rings is 1. The molecule has 2 aromatic carbocycles. The first-order valence-electron chi connectivity index (χ1n) is 10.3. The fourth-order valence-corrected chi connectivity index (χ4v) is 4.22. The highest BCUT2D eigenvalue weighted by atomic mass is 16.5. The van der Waals surface area contributed by atoms with E-state index in [2.05, 4.69) is 4.90 Å². The van der Waals surface area contributed by atoms with Crippen molar-refractivity contribution in [2.75, 3.05) is 21.0 Å². The molecule has 0 unspecified atom stereocenters. The van der Waals surface area contributed by atoms with Gasteiger partial charge in [0.15, 0.2) is 11.5 Å². The van der Waals surface area contributed by atoms with Crippen LogP contribution in [-0.4, -0.2) is 25.9 Å². The molecule has 1 aliphatic heterocycles. The van der Waals surface area contributed by atoms with Crippen molar-refractivity contribution in [3.63, 3.8) is 0 Å². The van der Waals surface area contributed by atoms with Crippen molar-refractivity contribution >= 4 is 11.0 Å². The van der Waals surface area contributed by atoms with Crippen molar-refractivity contribution in [2.24, 2.45) is 0 Å². The lowest BCUT2D eigenvalue weighted by atomic mass is 9.97. The van der Waals surface area contributed by atoms with Crippen LogP contribution in [0.15, 0.2) is 62.4 Å². The minimum Gasteiger partial charge on any atom is -0.493 e. The number of rotatable bonds is 5. The lowest BCUT2D eigenvalue weighted by Gasteiger charge is -2.28. The van der Waals surface area contributed by atoms with E-state index in [4.69, 9.17) is 23.0 Å². The van der Waals surface area contributed by atoms with Crippen molar-refractivity contribution in [1.82, 2.24) is 4.90 Å². The Balaban J connectivity index is 1.59. The lowest BCUT2D eigenvalue weighted by Crippen LogP contribution is -2.31. The zero-order valence-corrected chi connectivity index (χ0v) is 18.1. The smallest absolute Gasteiger partial charge is 0.344 e. The molecule has 0 atom stereocenters. The van der Waals surface area contributed by atoms with Crippen LogP contribution in [0.3, 0.4) is 0 Å².